The molecule has 0 saturated carbocycles. The van der Waals surface area contributed by atoms with Crippen LogP contribution in [0.15, 0.2) is 91.0 Å². The topological polar surface area (TPSA) is 9.86 Å². The van der Waals surface area contributed by atoms with E-state index in [0.717, 1.165) is 6.42 Å². The second-order valence-electron chi connectivity index (χ2n) is 18.8. The quantitative estimate of drug-likeness (QED) is 0.178. The molecule has 0 saturated heterocycles. The molecule has 0 N–H and O–H groups in total. The Kier molecular flexibility index (Phi) is 7.76. The summed E-state index contributed by atoms with van der Waals surface area (Å²) in [6.07, 6.45) is 0.958. The number of hydrogen-bond donors (Lipinski definition) is 0. The molecule has 0 aliphatic heterocycles. The Bertz CT molecular complexity index is 2120. The van der Waals surface area contributed by atoms with Crippen LogP contribution in [0.2, 0.25) is 0 Å². The molecule has 0 aliphatic rings. The van der Waals surface area contributed by atoms with E-state index in [1.54, 1.807) is 0 Å². The molecule has 50 heavy (non-hydrogen) atoms. The van der Waals surface area contributed by atoms with Crippen molar-refractivity contribution in [2.45, 2.75) is 118 Å². The van der Waals surface area contributed by atoms with Gasteiger partial charge in [0, 0.05) is 32.9 Å². The molecule has 0 radical (unpaired) electrons. The number of hydrogen-bond acceptors (Lipinski definition) is 0. The number of benzene rings is 5. The molecule has 0 aliphatic carbocycles. The van der Waals surface area contributed by atoms with Crippen molar-refractivity contribution in [3.63, 3.8) is 0 Å². The summed E-state index contributed by atoms with van der Waals surface area (Å²) in [6, 6.07) is 35.7. The molecule has 2 heterocycles. The lowest BCUT2D eigenvalue weighted by atomic mass is 9.85. The zero-order chi connectivity index (χ0) is 36.1. The number of fused-ring (bicyclic) bond motifs is 6. The van der Waals surface area contributed by atoms with Gasteiger partial charge in [-0.15, -0.1) is 0 Å². The van der Waals surface area contributed by atoms with E-state index in [-0.39, 0.29) is 21.7 Å². The molecule has 0 amide bonds. The summed E-state index contributed by atoms with van der Waals surface area (Å²) in [5, 5.41) is 5.29. The number of rotatable bonds is 3. The maximum Gasteiger partial charge on any atom is 0.0541 e. The zero-order valence-electron chi connectivity index (χ0n) is 32.8. The van der Waals surface area contributed by atoms with Crippen LogP contribution < -0.4 is 0 Å². The van der Waals surface area contributed by atoms with Crippen molar-refractivity contribution >= 4 is 43.6 Å². The third kappa shape index (κ3) is 5.75. The predicted molar refractivity (Wildman–Crippen MR) is 219 cm³/mol. The molecule has 0 spiro atoms. The third-order valence-electron chi connectivity index (χ3n) is 10.9. The standard InChI is InChI=1S/C48H56N2/c1-14-30-23-35(49-41-19-15-31(45(2,3)4)25-37(41)38-26-32(46(5,6)7)16-20-42(38)49)29-36(24-30)50-43-21-17-33(47(8,9)10)27-39(43)40-28-34(48(11,12)13)18-22-44(40)50/h15-29H,14H2,1-13H3. The largest absolute Gasteiger partial charge is 0.309 e. The molecular weight excluding hydrogens is 605 g/mol. The van der Waals surface area contributed by atoms with Gasteiger partial charge in [0.1, 0.15) is 0 Å². The van der Waals surface area contributed by atoms with Crippen molar-refractivity contribution in [1.82, 2.24) is 9.13 Å². The molecule has 258 valence electrons. The normalized spacial score (nSPS) is 13.4. The van der Waals surface area contributed by atoms with E-state index in [2.05, 4.69) is 190 Å². The lowest BCUT2D eigenvalue weighted by molar-refractivity contribution is 0.590. The van der Waals surface area contributed by atoms with Crippen molar-refractivity contribution in [1.29, 1.82) is 0 Å². The summed E-state index contributed by atoms with van der Waals surface area (Å²) in [7, 11) is 0. The minimum atomic E-state index is 0.0653. The molecule has 0 atom stereocenters. The van der Waals surface area contributed by atoms with Crippen LogP contribution in [0.1, 0.15) is 118 Å². The van der Waals surface area contributed by atoms with E-state index >= 15 is 0 Å². The first-order chi connectivity index (χ1) is 23.3. The molecule has 2 heteroatoms. The molecule has 2 aromatic heterocycles. The number of aryl methyl sites for hydroxylation is 1. The van der Waals surface area contributed by atoms with Crippen LogP contribution >= 0.6 is 0 Å². The molecule has 7 aromatic rings. The van der Waals surface area contributed by atoms with Gasteiger partial charge >= 0.3 is 0 Å². The maximum absolute atomic E-state index is 2.51. The van der Waals surface area contributed by atoms with Gasteiger partial charge in [-0.3, -0.25) is 0 Å². The molecule has 7 rings (SSSR count). The van der Waals surface area contributed by atoms with Gasteiger partial charge in [-0.25, -0.2) is 0 Å². The Balaban J connectivity index is 1.55. The van der Waals surface area contributed by atoms with E-state index in [1.807, 2.05) is 0 Å². The highest BCUT2D eigenvalue weighted by Gasteiger charge is 2.24. The molecule has 5 aromatic carbocycles. The van der Waals surface area contributed by atoms with Crippen molar-refractivity contribution in [3.8, 4) is 11.4 Å². The van der Waals surface area contributed by atoms with Crippen LogP contribution in [0, 0.1) is 0 Å². The van der Waals surface area contributed by atoms with Gasteiger partial charge in [-0.1, -0.05) is 114 Å². The summed E-state index contributed by atoms with van der Waals surface area (Å²) in [6.45, 7) is 30.0. The van der Waals surface area contributed by atoms with Gasteiger partial charge in [0.15, 0.2) is 0 Å². The van der Waals surface area contributed by atoms with Gasteiger partial charge in [0.05, 0.1) is 22.1 Å². The highest BCUT2D eigenvalue weighted by Crippen LogP contribution is 2.41. The SMILES string of the molecule is CCc1cc(-n2c3ccc(C(C)(C)C)cc3c3cc(C(C)(C)C)ccc32)cc(-n2c3ccc(C(C)(C)C)cc3c3cc(C(C)(C)C)ccc32)c1. The first-order valence-corrected chi connectivity index (χ1v) is 18.6. The molecule has 2 nitrogen and oxygen atoms in total. The molecule has 0 fully saturated rings. The minimum Gasteiger partial charge on any atom is -0.309 e. The van der Waals surface area contributed by atoms with E-state index in [9.17, 15) is 0 Å². The molecule has 0 bridgehead atoms. The van der Waals surface area contributed by atoms with Gasteiger partial charge in [-0.2, -0.15) is 0 Å². The zero-order valence-corrected chi connectivity index (χ0v) is 32.8. The lowest BCUT2D eigenvalue weighted by Crippen LogP contribution is -2.10. The van der Waals surface area contributed by atoms with Gasteiger partial charge in [0.2, 0.25) is 0 Å². The van der Waals surface area contributed by atoms with Crippen molar-refractivity contribution in [2.24, 2.45) is 0 Å². The third-order valence-corrected chi connectivity index (χ3v) is 10.9. The highest BCUT2D eigenvalue weighted by molar-refractivity contribution is 6.11. The van der Waals surface area contributed by atoms with Crippen LogP contribution in [0.3, 0.4) is 0 Å². The second-order valence-corrected chi connectivity index (χ2v) is 18.8. The Hall–Kier alpha value is -4.30. The Morgan fingerprint density at radius 3 is 0.840 bits per heavy atom. The maximum atomic E-state index is 2.51. The van der Waals surface area contributed by atoms with Crippen molar-refractivity contribution in [2.75, 3.05) is 0 Å². The van der Waals surface area contributed by atoms with E-state index in [1.165, 1.54) is 82.8 Å². The minimum absolute atomic E-state index is 0.0653. The van der Waals surface area contributed by atoms with Crippen molar-refractivity contribution in [3.05, 3.63) is 119 Å². The van der Waals surface area contributed by atoms with E-state index < -0.39 is 0 Å². The fourth-order valence-corrected chi connectivity index (χ4v) is 7.59. The summed E-state index contributed by atoms with van der Waals surface area (Å²) in [5.41, 5.74) is 14.5. The molecule has 0 unspecified atom stereocenters. The second kappa shape index (κ2) is 11.4. The Morgan fingerprint density at radius 2 is 0.620 bits per heavy atom. The first-order valence-electron chi connectivity index (χ1n) is 18.6. The van der Waals surface area contributed by atoms with E-state index in [4.69, 9.17) is 0 Å². The number of aromatic nitrogens is 2. The average Bonchev–Trinajstić information content (AvgIpc) is 3.54. The Morgan fingerprint density at radius 1 is 0.360 bits per heavy atom. The fraction of sp³-hybridized carbons (Fsp3) is 0.375. The van der Waals surface area contributed by atoms with Crippen LogP contribution in [-0.4, -0.2) is 9.13 Å². The average molecular weight is 661 g/mol. The highest BCUT2D eigenvalue weighted by atomic mass is 15.0. The van der Waals surface area contributed by atoms with Gasteiger partial charge in [0.25, 0.3) is 0 Å². The summed E-state index contributed by atoms with van der Waals surface area (Å²) in [4.78, 5) is 0. The molecular formula is C48H56N2. The van der Waals surface area contributed by atoms with Gasteiger partial charge in [-0.05, 0) is 123 Å². The first kappa shape index (κ1) is 34.2. The Labute approximate surface area is 300 Å². The predicted octanol–water partition coefficient (Wildman–Crippen LogP) is 13.6. The van der Waals surface area contributed by atoms with Crippen LogP contribution in [0.4, 0.5) is 0 Å². The van der Waals surface area contributed by atoms with Crippen LogP contribution in [0.5, 0.6) is 0 Å². The smallest absolute Gasteiger partial charge is 0.0541 e. The summed E-state index contributed by atoms with van der Waals surface area (Å²) in [5.74, 6) is 0. The van der Waals surface area contributed by atoms with E-state index in [0.29, 0.717) is 0 Å². The summed E-state index contributed by atoms with van der Waals surface area (Å²) < 4.78 is 5.02. The van der Waals surface area contributed by atoms with Crippen molar-refractivity contribution < 1.29 is 0 Å². The lowest BCUT2D eigenvalue weighted by Gasteiger charge is -2.20. The number of nitrogens with zero attached hydrogens (tertiary/aromatic N) is 2. The van der Waals surface area contributed by atoms with Crippen LogP contribution in [-0.2, 0) is 28.1 Å². The van der Waals surface area contributed by atoms with Crippen LogP contribution in [0.25, 0.3) is 55.0 Å². The monoisotopic (exact) mass is 660 g/mol. The van der Waals surface area contributed by atoms with Gasteiger partial charge < -0.3 is 9.13 Å². The fourth-order valence-electron chi connectivity index (χ4n) is 7.59. The summed E-state index contributed by atoms with van der Waals surface area (Å²) >= 11 is 0.